The van der Waals surface area contributed by atoms with Crippen LogP contribution in [0.2, 0.25) is 0 Å². The lowest BCUT2D eigenvalue weighted by Crippen LogP contribution is -2.35. The van der Waals surface area contributed by atoms with Gasteiger partial charge in [0, 0.05) is 23.6 Å². The Morgan fingerprint density at radius 1 is 1.20 bits per heavy atom. The number of aromatic nitrogens is 4. The van der Waals surface area contributed by atoms with Crippen LogP contribution in [0.5, 0.6) is 0 Å². The monoisotopic (exact) mass is 571 g/mol. The third-order valence-electron chi connectivity index (χ3n) is 6.58. The molecule has 3 heterocycles. The van der Waals surface area contributed by atoms with Crippen LogP contribution in [0, 0.1) is 12.5 Å². The first-order valence-corrected chi connectivity index (χ1v) is 14.4. The molecular weight excluding hydrogens is 536 g/mol. The molecule has 40 heavy (non-hydrogen) atoms. The van der Waals surface area contributed by atoms with E-state index in [2.05, 4.69) is 57.5 Å². The quantitative estimate of drug-likeness (QED) is 0.179. The molecule has 1 amide bonds. The number of hydrogen-bond donors (Lipinski definition) is 1. The number of amides is 1. The predicted octanol–water partition coefficient (Wildman–Crippen LogP) is 5.25. The molecular formula is C27H35FN7O4P. The molecule has 1 aliphatic rings. The van der Waals surface area contributed by atoms with Crippen LogP contribution in [0.25, 0.3) is 16.0 Å². The maximum Gasteiger partial charge on any atom is 0.259 e. The van der Waals surface area contributed by atoms with Crippen LogP contribution in [0.3, 0.4) is 0 Å². The summed E-state index contributed by atoms with van der Waals surface area (Å²) >= 11 is 0. The Morgan fingerprint density at radius 2 is 1.93 bits per heavy atom. The molecule has 1 unspecified atom stereocenters. The summed E-state index contributed by atoms with van der Waals surface area (Å²) < 4.78 is 37.6. The van der Waals surface area contributed by atoms with Crippen LogP contribution < -0.4 is 5.32 Å². The number of carbonyl (C=O) groups excluding carboxylic acids is 1. The fourth-order valence-electron chi connectivity index (χ4n) is 4.60. The van der Waals surface area contributed by atoms with Gasteiger partial charge in [0.1, 0.15) is 12.9 Å². The number of benzene rings is 1. The van der Waals surface area contributed by atoms with Crippen molar-refractivity contribution in [2.45, 2.75) is 65.2 Å². The van der Waals surface area contributed by atoms with E-state index in [1.165, 1.54) is 17.2 Å². The summed E-state index contributed by atoms with van der Waals surface area (Å²) in [5.41, 5.74) is 1.14. The van der Waals surface area contributed by atoms with Gasteiger partial charge >= 0.3 is 0 Å². The van der Waals surface area contributed by atoms with E-state index < -0.39 is 32.9 Å². The molecule has 0 saturated carbocycles. The topological polar surface area (TPSA) is 108 Å². The van der Waals surface area contributed by atoms with Gasteiger partial charge in [0.25, 0.3) is 14.4 Å². The molecule has 0 spiro atoms. The fourth-order valence-corrected chi connectivity index (χ4v) is 6.21. The van der Waals surface area contributed by atoms with Crippen molar-refractivity contribution >= 4 is 31.4 Å². The van der Waals surface area contributed by atoms with E-state index in [-0.39, 0.29) is 43.6 Å². The summed E-state index contributed by atoms with van der Waals surface area (Å²) in [7, 11) is -1.48. The zero-order valence-electron chi connectivity index (χ0n) is 23.3. The molecule has 1 aromatic carbocycles. The molecule has 5 atom stereocenters. The molecule has 1 saturated heterocycles. The Labute approximate surface area is 234 Å². The molecule has 2 aromatic heterocycles. The molecule has 13 heteroatoms. The van der Waals surface area contributed by atoms with Gasteiger partial charge in [0.05, 0.1) is 19.0 Å². The van der Waals surface area contributed by atoms with Gasteiger partial charge in [0.2, 0.25) is 6.54 Å². The minimum absolute atomic E-state index is 0.123. The van der Waals surface area contributed by atoms with Crippen LogP contribution in [-0.2, 0) is 13.8 Å². The molecule has 0 bridgehead atoms. The Kier molecular flexibility index (Phi) is 10.1. The van der Waals surface area contributed by atoms with Crippen molar-refractivity contribution in [2.24, 2.45) is 5.92 Å². The van der Waals surface area contributed by atoms with Crippen LogP contribution in [0.15, 0.2) is 43.0 Å². The van der Waals surface area contributed by atoms with Crippen LogP contribution in [-0.4, -0.2) is 74.2 Å². The number of rotatable bonds is 12. The zero-order chi connectivity index (χ0) is 28.8. The number of carbonyl (C=O) groups is 1. The summed E-state index contributed by atoms with van der Waals surface area (Å²) in [6, 6.07) is 9.05. The van der Waals surface area contributed by atoms with Gasteiger partial charge in [-0.1, -0.05) is 25.1 Å². The first-order valence-electron chi connectivity index (χ1n) is 13.2. The first kappa shape index (κ1) is 29.9. The number of nitrogens with one attached hydrogen (secondary N) is 1. The number of imidazole rings is 1. The minimum Gasteiger partial charge on any atom is -0.349 e. The largest absolute Gasteiger partial charge is 0.349 e. The molecule has 1 fully saturated rings. The van der Waals surface area contributed by atoms with Gasteiger partial charge in [-0.25, -0.2) is 30.6 Å². The summed E-state index contributed by atoms with van der Waals surface area (Å²) in [6.07, 6.45) is -0.143. The van der Waals surface area contributed by atoms with Gasteiger partial charge in [-0.2, -0.15) is 0 Å². The third-order valence-corrected chi connectivity index (χ3v) is 8.65. The molecule has 1 N–H and O–H groups in total. The number of hydrogen-bond acceptors (Lipinski definition) is 8. The Morgan fingerprint density at radius 3 is 2.60 bits per heavy atom. The normalized spacial score (nSPS) is 21.8. The number of ether oxygens (including phenoxy) is 1. The highest BCUT2D eigenvalue weighted by Gasteiger charge is 2.45. The number of fused-ring (bicyclic) bond motifs is 1. The second-order valence-corrected chi connectivity index (χ2v) is 11.5. The van der Waals surface area contributed by atoms with Gasteiger partial charge in [-0.15, -0.1) is 0 Å². The van der Waals surface area contributed by atoms with Gasteiger partial charge in [0.15, 0.2) is 29.4 Å². The average Bonchev–Trinajstić information content (AvgIpc) is 3.48. The van der Waals surface area contributed by atoms with Crippen molar-refractivity contribution in [1.29, 1.82) is 0 Å². The van der Waals surface area contributed by atoms with Crippen molar-refractivity contribution in [1.82, 2.24) is 24.2 Å². The number of halogens is 1. The molecule has 3 aromatic rings. The van der Waals surface area contributed by atoms with Crippen LogP contribution in [0.4, 0.5) is 10.2 Å². The predicted molar refractivity (Wildman–Crippen MR) is 150 cm³/mol. The molecule has 1 aliphatic heterocycles. The Hall–Kier alpha value is -3.07. The second kappa shape index (κ2) is 13.5. The average molecular weight is 572 g/mol. The lowest BCUT2D eigenvalue weighted by Gasteiger charge is -2.35. The van der Waals surface area contributed by atoms with Crippen molar-refractivity contribution in [3.05, 3.63) is 60.0 Å². The minimum atomic E-state index is -1.48. The second-order valence-electron chi connectivity index (χ2n) is 10.1. The van der Waals surface area contributed by atoms with E-state index in [0.29, 0.717) is 16.7 Å². The number of alkyl halides is 1. The number of anilines is 1. The van der Waals surface area contributed by atoms with Crippen LogP contribution >= 0.6 is 8.53 Å². The van der Waals surface area contributed by atoms with Gasteiger partial charge < -0.3 is 23.9 Å². The Balaban J connectivity index is 1.49. The molecule has 0 aliphatic carbocycles. The van der Waals surface area contributed by atoms with Crippen molar-refractivity contribution < 1.29 is 23.0 Å². The smallest absolute Gasteiger partial charge is 0.259 e. The summed E-state index contributed by atoms with van der Waals surface area (Å²) in [5, 5.41) is 2.76. The van der Waals surface area contributed by atoms with Gasteiger partial charge in [-0.3, -0.25) is 9.36 Å². The highest BCUT2D eigenvalue weighted by Crippen LogP contribution is 2.47. The van der Waals surface area contributed by atoms with E-state index >= 15 is 4.39 Å². The van der Waals surface area contributed by atoms with E-state index in [1.54, 1.807) is 31.2 Å². The van der Waals surface area contributed by atoms with Crippen molar-refractivity contribution in [3.63, 3.8) is 0 Å². The molecule has 0 radical (unpaired) electrons. The fraction of sp³-hybridized carbons (Fsp3) is 0.519. The summed E-state index contributed by atoms with van der Waals surface area (Å²) in [5.74, 6) is -0.592. The Bertz CT molecular complexity index is 1310. The maximum absolute atomic E-state index is 15.6. The van der Waals surface area contributed by atoms with E-state index in [9.17, 15) is 4.79 Å². The van der Waals surface area contributed by atoms with Crippen molar-refractivity contribution in [3.8, 4) is 0 Å². The standard InChI is InChI=1S/C27H35FN7O4P/c1-17(2)35(18(3)4)40(37-13-12-29-6)38-14-21-19(5)22(28)27(39-21)34-16-32-23-24(30-15-31-25(23)34)33-26(36)20-10-8-7-9-11-20/h7-11,15-19,21-22,27H,12-14H2,1-5H3,(H,30,31,33,36)/t19-,21-,22-,27-,40?/m1/s1. The molecule has 4 rings (SSSR count). The highest BCUT2D eigenvalue weighted by atomic mass is 31.2. The molecule has 11 nitrogen and oxygen atoms in total. The first-order chi connectivity index (χ1) is 19.2. The third kappa shape index (κ3) is 6.62. The van der Waals surface area contributed by atoms with E-state index in [1.807, 2.05) is 6.07 Å². The van der Waals surface area contributed by atoms with Crippen LogP contribution in [0.1, 0.15) is 51.2 Å². The van der Waals surface area contributed by atoms with Crippen molar-refractivity contribution in [2.75, 3.05) is 25.1 Å². The molecule has 214 valence electrons. The maximum atomic E-state index is 15.6. The van der Waals surface area contributed by atoms with Gasteiger partial charge in [-0.05, 0) is 39.8 Å². The number of nitrogens with zero attached hydrogens (tertiary/aromatic N) is 6. The van der Waals surface area contributed by atoms with E-state index in [4.69, 9.17) is 20.4 Å². The SMILES string of the molecule is [C-]#[N+]CCOP(OC[C@H]1O[C@@H](n2cnc3c(NC(=O)c4ccccc4)ncnc32)[C@H](F)[C@@H]1C)N(C(C)C)C(C)C. The highest BCUT2D eigenvalue weighted by molar-refractivity contribution is 7.44. The lowest BCUT2D eigenvalue weighted by molar-refractivity contribution is -0.0358. The lowest BCUT2D eigenvalue weighted by atomic mass is 10.0. The summed E-state index contributed by atoms with van der Waals surface area (Å²) in [4.78, 5) is 28.9. The summed E-state index contributed by atoms with van der Waals surface area (Å²) in [6.45, 7) is 17.7. The van der Waals surface area contributed by atoms with E-state index in [0.717, 1.165) is 0 Å². The zero-order valence-corrected chi connectivity index (χ0v) is 24.2.